The van der Waals surface area contributed by atoms with E-state index in [1.165, 1.54) is 0 Å². The number of hydrogen-bond acceptors (Lipinski definition) is 10. The maximum Gasteiger partial charge on any atom is 0.256 e. The zero-order chi connectivity index (χ0) is 33.2. The van der Waals surface area contributed by atoms with Gasteiger partial charge in [-0.15, -0.1) is 0 Å². The van der Waals surface area contributed by atoms with Crippen LogP contribution in [-0.4, -0.2) is 99.9 Å². The third kappa shape index (κ3) is 6.31. The first-order chi connectivity index (χ1) is 22.8. The van der Waals surface area contributed by atoms with Gasteiger partial charge in [-0.3, -0.25) is 9.59 Å². The summed E-state index contributed by atoms with van der Waals surface area (Å²) in [7, 11) is 3.10. The van der Waals surface area contributed by atoms with E-state index in [0.717, 1.165) is 11.1 Å². The highest BCUT2D eigenvalue weighted by atomic mass is 16.5. The number of ether oxygens (including phenoxy) is 6. The van der Waals surface area contributed by atoms with Crippen LogP contribution in [0.2, 0.25) is 0 Å². The molecule has 0 radical (unpaired) electrons. The SMILES string of the molecule is C=C1CC2C(OCC)Nc3cc(OCCCOc4cc5c(cc4OC)C(=O)N4CC(=C)CC4C(OCC)N5)c(OC)cc3C(=O)N2C1. The predicted molar refractivity (Wildman–Crippen MR) is 177 cm³/mol. The van der Waals surface area contributed by atoms with Gasteiger partial charge in [-0.05, 0) is 38.8 Å². The van der Waals surface area contributed by atoms with Crippen molar-refractivity contribution in [1.29, 1.82) is 0 Å². The molecule has 6 rings (SSSR count). The minimum absolute atomic E-state index is 0.0964. The van der Waals surface area contributed by atoms with Gasteiger partial charge in [0.25, 0.3) is 11.8 Å². The molecule has 12 nitrogen and oxygen atoms in total. The fourth-order valence-electron chi connectivity index (χ4n) is 6.80. The number of amides is 2. The van der Waals surface area contributed by atoms with Crippen LogP contribution in [0.3, 0.4) is 0 Å². The number of carbonyl (C=O) groups is 2. The number of benzene rings is 2. The first-order valence-electron chi connectivity index (χ1n) is 16.2. The number of anilines is 2. The van der Waals surface area contributed by atoms with Crippen molar-refractivity contribution in [3.63, 3.8) is 0 Å². The molecule has 0 spiro atoms. The number of nitrogens with one attached hydrogen (secondary N) is 2. The first kappa shape index (κ1) is 32.5. The van der Waals surface area contributed by atoms with Crippen LogP contribution in [0, 0.1) is 0 Å². The van der Waals surface area contributed by atoms with Crippen molar-refractivity contribution in [1.82, 2.24) is 9.80 Å². The van der Waals surface area contributed by atoms with Gasteiger partial charge in [-0.25, -0.2) is 0 Å². The van der Waals surface area contributed by atoms with E-state index >= 15 is 0 Å². The lowest BCUT2D eigenvalue weighted by Gasteiger charge is -2.28. The van der Waals surface area contributed by atoms with Crippen LogP contribution in [0.15, 0.2) is 48.6 Å². The third-order valence-electron chi connectivity index (χ3n) is 8.97. The van der Waals surface area contributed by atoms with Crippen molar-refractivity contribution in [2.45, 2.75) is 57.6 Å². The molecular formula is C35H44N4O8. The molecule has 2 aromatic carbocycles. The molecule has 0 bridgehead atoms. The molecule has 47 heavy (non-hydrogen) atoms. The van der Waals surface area contributed by atoms with E-state index in [1.54, 1.807) is 38.5 Å². The Balaban J connectivity index is 1.13. The number of rotatable bonds is 12. The lowest BCUT2D eigenvalue weighted by atomic mass is 10.1. The summed E-state index contributed by atoms with van der Waals surface area (Å²) in [5.41, 5.74) is 4.27. The van der Waals surface area contributed by atoms with Crippen molar-refractivity contribution in [2.24, 2.45) is 0 Å². The topological polar surface area (TPSA) is 120 Å². The van der Waals surface area contributed by atoms with E-state index in [1.807, 2.05) is 23.6 Å². The second-order valence-corrected chi connectivity index (χ2v) is 12.1. The normalized spacial score (nSPS) is 23.1. The molecule has 12 heteroatoms. The molecular weight excluding hydrogens is 604 g/mol. The fourth-order valence-corrected chi connectivity index (χ4v) is 6.80. The van der Waals surface area contributed by atoms with E-state index in [-0.39, 0.29) is 36.4 Å². The van der Waals surface area contributed by atoms with Crippen molar-refractivity contribution >= 4 is 23.2 Å². The van der Waals surface area contributed by atoms with E-state index in [0.29, 0.717) is 104 Å². The van der Waals surface area contributed by atoms with Crippen molar-refractivity contribution in [2.75, 3.05) is 64.4 Å². The molecule has 252 valence electrons. The van der Waals surface area contributed by atoms with Crippen LogP contribution in [0.5, 0.6) is 23.0 Å². The molecule has 4 heterocycles. The minimum Gasteiger partial charge on any atom is -0.493 e. The summed E-state index contributed by atoms with van der Waals surface area (Å²) in [6.07, 6.45) is 1.15. The van der Waals surface area contributed by atoms with Gasteiger partial charge in [0.2, 0.25) is 0 Å². The Morgan fingerprint density at radius 1 is 0.702 bits per heavy atom. The van der Waals surface area contributed by atoms with Crippen LogP contribution < -0.4 is 29.6 Å². The predicted octanol–water partition coefficient (Wildman–Crippen LogP) is 4.67. The standard InChI is InChI=1S/C35H44N4O8/c1-7-44-32-26-12-20(3)18-38(26)34(40)22-14-28(42-5)30(16-24(22)36-32)46-10-9-11-47-31-17-25-23(15-29(31)43-6)35(41)39-19-21(4)13-27(39)33(37-25)45-8-2/h14-17,26-27,32-33,36-37H,3-4,7-13,18-19H2,1-2,5-6H3. The minimum atomic E-state index is -0.375. The summed E-state index contributed by atoms with van der Waals surface area (Å²) in [5, 5.41) is 6.85. The van der Waals surface area contributed by atoms with Gasteiger partial charge in [-0.1, -0.05) is 24.3 Å². The molecule has 2 aromatic rings. The van der Waals surface area contributed by atoms with Crippen LogP contribution in [0.4, 0.5) is 11.4 Å². The lowest BCUT2D eigenvalue weighted by Crippen LogP contribution is -2.44. The number of nitrogens with zero attached hydrogens (tertiary/aromatic N) is 2. The first-order valence-corrected chi connectivity index (χ1v) is 16.2. The molecule has 4 aliphatic rings. The van der Waals surface area contributed by atoms with E-state index < -0.39 is 0 Å². The zero-order valence-corrected chi connectivity index (χ0v) is 27.6. The molecule has 2 amide bonds. The Bertz CT molecular complexity index is 1450. The molecule has 4 atom stereocenters. The van der Waals surface area contributed by atoms with Crippen LogP contribution in [0.1, 0.15) is 53.8 Å². The Kier molecular flexibility index (Phi) is 9.51. The number of carbonyl (C=O) groups excluding carboxylic acids is 2. The van der Waals surface area contributed by atoms with Gasteiger partial charge in [-0.2, -0.15) is 0 Å². The van der Waals surface area contributed by atoms with Crippen LogP contribution in [-0.2, 0) is 9.47 Å². The van der Waals surface area contributed by atoms with Gasteiger partial charge in [0, 0.05) is 44.9 Å². The molecule has 2 saturated heterocycles. The highest BCUT2D eigenvalue weighted by molar-refractivity contribution is 6.02. The molecule has 4 unspecified atom stereocenters. The van der Waals surface area contributed by atoms with E-state index in [4.69, 9.17) is 28.4 Å². The Hall–Kier alpha value is -4.42. The van der Waals surface area contributed by atoms with Gasteiger partial charge >= 0.3 is 0 Å². The van der Waals surface area contributed by atoms with Gasteiger partial charge in [0.05, 0.1) is 62.0 Å². The summed E-state index contributed by atoms with van der Waals surface area (Å²) in [5.74, 6) is 1.73. The van der Waals surface area contributed by atoms with Crippen molar-refractivity contribution in [3.8, 4) is 23.0 Å². The van der Waals surface area contributed by atoms with E-state index in [2.05, 4.69) is 23.8 Å². The number of fused-ring (bicyclic) bond motifs is 4. The highest BCUT2D eigenvalue weighted by Crippen LogP contribution is 2.41. The second-order valence-electron chi connectivity index (χ2n) is 12.1. The molecule has 0 aromatic heterocycles. The monoisotopic (exact) mass is 648 g/mol. The lowest BCUT2D eigenvalue weighted by molar-refractivity contribution is 0.0232. The summed E-state index contributed by atoms with van der Waals surface area (Å²) in [4.78, 5) is 30.7. The van der Waals surface area contributed by atoms with Gasteiger partial charge in [0.15, 0.2) is 23.0 Å². The van der Waals surface area contributed by atoms with Gasteiger partial charge in [0.1, 0.15) is 12.5 Å². The Morgan fingerprint density at radius 3 is 1.51 bits per heavy atom. The maximum absolute atomic E-state index is 13.6. The molecule has 2 N–H and O–H groups in total. The van der Waals surface area contributed by atoms with Crippen molar-refractivity contribution in [3.05, 3.63) is 59.7 Å². The average Bonchev–Trinajstić information content (AvgIpc) is 3.60. The fraction of sp³-hybridized carbons (Fsp3) is 0.486. The largest absolute Gasteiger partial charge is 0.493 e. The Labute approximate surface area is 275 Å². The highest BCUT2D eigenvalue weighted by Gasteiger charge is 2.43. The summed E-state index contributed by atoms with van der Waals surface area (Å²) in [6, 6.07) is 6.74. The van der Waals surface area contributed by atoms with Crippen LogP contribution >= 0.6 is 0 Å². The maximum atomic E-state index is 13.6. The Morgan fingerprint density at radius 2 is 1.13 bits per heavy atom. The van der Waals surface area contributed by atoms with E-state index in [9.17, 15) is 9.59 Å². The molecule has 4 aliphatic heterocycles. The molecule has 2 fully saturated rings. The average molecular weight is 649 g/mol. The second kappa shape index (κ2) is 13.7. The third-order valence-corrected chi connectivity index (χ3v) is 8.97. The quantitative estimate of drug-likeness (QED) is 0.248. The smallest absolute Gasteiger partial charge is 0.256 e. The van der Waals surface area contributed by atoms with Crippen LogP contribution in [0.25, 0.3) is 0 Å². The summed E-state index contributed by atoms with van der Waals surface area (Å²) in [6.45, 7) is 14.7. The number of hydrogen-bond donors (Lipinski definition) is 2. The molecule has 0 aliphatic carbocycles. The number of methoxy groups -OCH3 is 2. The summed E-state index contributed by atoms with van der Waals surface area (Å²) >= 11 is 0. The van der Waals surface area contributed by atoms with Crippen molar-refractivity contribution < 1.29 is 38.0 Å². The summed E-state index contributed by atoms with van der Waals surface area (Å²) < 4.78 is 35.5. The molecule has 0 saturated carbocycles. The zero-order valence-electron chi connectivity index (χ0n) is 27.6. The van der Waals surface area contributed by atoms with Gasteiger partial charge < -0.3 is 48.9 Å².